The van der Waals surface area contributed by atoms with Gasteiger partial charge in [0.25, 0.3) is 0 Å². The minimum Gasteiger partial charge on any atom is -0.348 e. The number of H-pyrrole nitrogens is 1. The molecule has 0 radical (unpaired) electrons. The fourth-order valence-corrected chi connectivity index (χ4v) is 0.895. The highest BCUT2D eigenvalue weighted by Gasteiger charge is 2.18. The van der Waals surface area contributed by atoms with E-state index in [1.54, 1.807) is 0 Å². The zero-order valence-electron chi connectivity index (χ0n) is 8.38. The van der Waals surface area contributed by atoms with E-state index in [0.29, 0.717) is 5.69 Å². The molecule has 0 aromatic carbocycles. The van der Waals surface area contributed by atoms with Crippen LogP contribution >= 0.6 is 0 Å². The standard InChI is InChI=1S/C9H11N3O4/c1-2-8(13)15-16-9(14)7(10)3-6-4-11-5-12-6/h2,4-5,7H,1,3,10H2,(H,11,12). The quantitative estimate of drug-likeness (QED) is 0.405. The van der Waals surface area contributed by atoms with Crippen LogP contribution in [0, 0.1) is 0 Å². The first-order valence-electron chi connectivity index (χ1n) is 4.41. The number of rotatable bonds is 4. The largest absolute Gasteiger partial charge is 0.378 e. The number of aromatic amines is 1. The first-order chi connectivity index (χ1) is 7.63. The Bertz CT molecular complexity index is 374. The summed E-state index contributed by atoms with van der Waals surface area (Å²) in [6.07, 6.45) is 4.08. The molecule has 0 saturated heterocycles. The maximum absolute atomic E-state index is 11.2. The van der Waals surface area contributed by atoms with Crippen LogP contribution in [0.1, 0.15) is 5.69 Å². The van der Waals surface area contributed by atoms with Crippen molar-refractivity contribution in [3.63, 3.8) is 0 Å². The normalized spacial score (nSPS) is 11.6. The molecule has 1 atom stereocenters. The molecule has 1 aromatic heterocycles. The van der Waals surface area contributed by atoms with E-state index < -0.39 is 18.0 Å². The van der Waals surface area contributed by atoms with E-state index in [2.05, 4.69) is 26.3 Å². The molecule has 7 nitrogen and oxygen atoms in total. The average Bonchev–Trinajstić information content (AvgIpc) is 2.77. The third kappa shape index (κ3) is 3.54. The molecule has 16 heavy (non-hydrogen) atoms. The van der Waals surface area contributed by atoms with Crippen LogP contribution in [0.3, 0.4) is 0 Å². The lowest BCUT2D eigenvalue weighted by Gasteiger charge is -2.07. The summed E-state index contributed by atoms with van der Waals surface area (Å²) in [5, 5.41) is 0. The van der Waals surface area contributed by atoms with Crippen molar-refractivity contribution in [3.8, 4) is 0 Å². The van der Waals surface area contributed by atoms with Crippen LogP contribution in [0.5, 0.6) is 0 Å². The summed E-state index contributed by atoms with van der Waals surface area (Å²) in [5.74, 6) is -1.70. The fraction of sp³-hybridized carbons (Fsp3) is 0.222. The van der Waals surface area contributed by atoms with E-state index in [0.717, 1.165) is 6.08 Å². The van der Waals surface area contributed by atoms with Crippen molar-refractivity contribution in [3.05, 3.63) is 30.9 Å². The van der Waals surface area contributed by atoms with Crippen LogP contribution < -0.4 is 5.73 Å². The van der Waals surface area contributed by atoms with Gasteiger partial charge in [0.2, 0.25) is 0 Å². The molecule has 1 aromatic rings. The predicted molar refractivity (Wildman–Crippen MR) is 52.6 cm³/mol. The van der Waals surface area contributed by atoms with Gasteiger partial charge >= 0.3 is 11.9 Å². The Morgan fingerprint density at radius 2 is 2.38 bits per heavy atom. The molecule has 0 spiro atoms. The van der Waals surface area contributed by atoms with Crippen LogP contribution in [0.25, 0.3) is 0 Å². The van der Waals surface area contributed by atoms with Crippen molar-refractivity contribution in [1.82, 2.24) is 9.97 Å². The van der Waals surface area contributed by atoms with E-state index in [1.807, 2.05) is 0 Å². The number of imidazole rings is 1. The zero-order chi connectivity index (χ0) is 12.0. The molecule has 1 heterocycles. The minimum atomic E-state index is -0.932. The molecule has 0 aliphatic carbocycles. The van der Waals surface area contributed by atoms with Crippen LogP contribution in [-0.4, -0.2) is 27.9 Å². The molecule has 7 heteroatoms. The van der Waals surface area contributed by atoms with E-state index in [4.69, 9.17) is 5.73 Å². The van der Waals surface area contributed by atoms with Gasteiger partial charge < -0.3 is 10.7 Å². The van der Waals surface area contributed by atoms with Gasteiger partial charge in [-0.05, 0) is 0 Å². The van der Waals surface area contributed by atoms with Gasteiger partial charge in [0.05, 0.1) is 6.33 Å². The Balaban J connectivity index is 2.36. The van der Waals surface area contributed by atoms with Gasteiger partial charge in [-0.25, -0.2) is 24.3 Å². The Morgan fingerprint density at radius 1 is 1.62 bits per heavy atom. The van der Waals surface area contributed by atoms with Crippen molar-refractivity contribution in [2.24, 2.45) is 5.73 Å². The molecule has 86 valence electrons. The third-order valence-corrected chi connectivity index (χ3v) is 1.67. The van der Waals surface area contributed by atoms with Gasteiger partial charge in [-0.3, -0.25) is 0 Å². The Labute approximate surface area is 91.2 Å². The summed E-state index contributed by atoms with van der Waals surface area (Å²) in [7, 11) is 0. The fourth-order valence-electron chi connectivity index (χ4n) is 0.895. The van der Waals surface area contributed by atoms with E-state index in [-0.39, 0.29) is 6.42 Å². The zero-order valence-corrected chi connectivity index (χ0v) is 8.38. The average molecular weight is 225 g/mol. The van der Waals surface area contributed by atoms with Crippen LogP contribution in [0.2, 0.25) is 0 Å². The first-order valence-corrected chi connectivity index (χ1v) is 4.41. The second kappa shape index (κ2) is 5.66. The first kappa shape index (κ1) is 11.9. The Hall–Kier alpha value is -2.15. The van der Waals surface area contributed by atoms with Gasteiger partial charge in [-0.2, -0.15) is 0 Å². The summed E-state index contributed by atoms with van der Waals surface area (Å²) in [5.41, 5.74) is 6.18. The van der Waals surface area contributed by atoms with Crippen LogP contribution in [0.15, 0.2) is 25.2 Å². The van der Waals surface area contributed by atoms with Crippen molar-refractivity contribution in [2.45, 2.75) is 12.5 Å². The molecule has 0 fully saturated rings. The molecule has 0 aliphatic rings. The topological polar surface area (TPSA) is 107 Å². The Kier molecular flexibility index (Phi) is 4.22. The number of carbonyl (C=O) groups excluding carboxylic acids is 2. The van der Waals surface area contributed by atoms with Gasteiger partial charge in [0, 0.05) is 24.4 Å². The lowest BCUT2D eigenvalue weighted by Crippen LogP contribution is -2.34. The lowest BCUT2D eigenvalue weighted by atomic mass is 10.2. The molecular weight excluding hydrogens is 214 g/mol. The smallest absolute Gasteiger partial charge is 0.348 e. The second-order valence-corrected chi connectivity index (χ2v) is 2.90. The number of carbonyl (C=O) groups is 2. The lowest BCUT2D eigenvalue weighted by molar-refractivity contribution is -0.255. The Morgan fingerprint density at radius 3 is 2.94 bits per heavy atom. The number of hydrogen-bond donors (Lipinski definition) is 2. The number of nitrogens with zero attached hydrogens (tertiary/aromatic N) is 1. The predicted octanol–water partition coefficient (Wildman–Crippen LogP) is -0.533. The summed E-state index contributed by atoms with van der Waals surface area (Å²) >= 11 is 0. The molecule has 0 saturated carbocycles. The SMILES string of the molecule is C=CC(=O)OOC(=O)C(N)Cc1cnc[nH]1. The molecule has 3 N–H and O–H groups in total. The van der Waals surface area contributed by atoms with Gasteiger partial charge in [0.1, 0.15) is 6.04 Å². The monoisotopic (exact) mass is 225 g/mol. The summed E-state index contributed by atoms with van der Waals surface area (Å²) in [4.78, 5) is 36.6. The molecular formula is C9H11N3O4. The number of nitrogens with two attached hydrogens (primary N) is 1. The van der Waals surface area contributed by atoms with Crippen molar-refractivity contribution in [1.29, 1.82) is 0 Å². The van der Waals surface area contributed by atoms with Gasteiger partial charge in [-0.1, -0.05) is 6.58 Å². The highest BCUT2D eigenvalue weighted by Crippen LogP contribution is 1.98. The molecule has 0 bridgehead atoms. The molecule has 1 rings (SSSR count). The summed E-state index contributed by atoms with van der Waals surface area (Å²) < 4.78 is 0. The van der Waals surface area contributed by atoms with E-state index >= 15 is 0 Å². The van der Waals surface area contributed by atoms with E-state index in [1.165, 1.54) is 12.5 Å². The number of hydrogen-bond acceptors (Lipinski definition) is 6. The second-order valence-electron chi connectivity index (χ2n) is 2.90. The van der Waals surface area contributed by atoms with Crippen molar-refractivity contribution in [2.75, 3.05) is 0 Å². The minimum absolute atomic E-state index is 0.213. The third-order valence-electron chi connectivity index (χ3n) is 1.67. The van der Waals surface area contributed by atoms with Crippen LogP contribution in [-0.2, 0) is 25.8 Å². The number of nitrogens with one attached hydrogen (secondary N) is 1. The molecule has 0 amide bonds. The summed E-state index contributed by atoms with van der Waals surface area (Å²) in [6, 6.07) is -0.932. The summed E-state index contributed by atoms with van der Waals surface area (Å²) in [6.45, 7) is 3.13. The molecule has 1 unspecified atom stereocenters. The highest BCUT2D eigenvalue weighted by atomic mass is 17.2. The van der Waals surface area contributed by atoms with Gasteiger partial charge in [0.15, 0.2) is 0 Å². The van der Waals surface area contributed by atoms with Crippen LogP contribution in [0.4, 0.5) is 0 Å². The molecule has 0 aliphatic heterocycles. The maximum Gasteiger partial charge on any atom is 0.378 e. The highest BCUT2D eigenvalue weighted by molar-refractivity contribution is 5.82. The number of aromatic nitrogens is 2. The van der Waals surface area contributed by atoms with E-state index in [9.17, 15) is 9.59 Å². The van der Waals surface area contributed by atoms with Crippen molar-refractivity contribution < 1.29 is 19.4 Å². The van der Waals surface area contributed by atoms with Gasteiger partial charge in [-0.15, -0.1) is 0 Å². The van der Waals surface area contributed by atoms with Crippen molar-refractivity contribution >= 4 is 11.9 Å². The maximum atomic E-state index is 11.2.